The first kappa shape index (κ1) is 16.5. The molecule has 23 heavy (non-hydrogen) atoms. The lowest BCUT2D eigenvalue weighted by Crippen LogP contribution is -2.27. The number of amides is 1. The van der Waals surface area contributed by atoms with Gasteiger partial charge in [-0.25, -0.2) is 5.43 Å². The van der Waals surface area contributed by atoms with Crippen molar-refractivity contribution >= 4 is 17.3 Å². The van der Waals surface area contributed by atoms with Crippen LogP contribution in [0.2, 0.25) is 0 Å². The van der Waals surface area contributed by atoms with Gasteiger partial charge in [0.15, 0.2) is 0 Å². The number of phenols is 1. The molecular weight excluding hydrogens is 290 g/mol. The van der Waals surface area contributed by atoms with Crippen LogP contribution in [0.3, 0.4) is 0 Å². The van der Waals surface area contributed by atoms with Gasteiger partial charge in [0.2, 0.25) is 0 Å². The first-order valence-electron chi connectivity index (χ1n) is 7.54. The minimum Gasteiger partial charge on any atom is -0.508 e. The van der Waals surface area contributed by atoms with Crippen LogP contribution in [-0.2, 0) is 4.79 Å². The summed E-state index contributed by atoms with van der Waals surface area (Å²) in [5, 5.41) is 16.6. The first-order valence-corrected chi connectivity index (χ1v) is 7.54. The summed E-state index contributed by atoms with van der Waals surface area (Å²) in [5.41, 5.74) is 6.21. The van der Waals surface area contributed by atoms with Crippen LogP contribution < -0.4 is 10.7 Å². The summed E-state index contributed by atoms with van der Waals surface area (Å²) >= 11 is 0. The van der Waals surface area contributed by atoms with Crippen LogP contribution >= 0.6 is 0 Å². The number of rotatable bonds is 6. The lowest BCUT2D eigenvalue weighted by molar-refractivity contribution is -0.119. The zero-order chi connectivity index (χ0) is 16.7. The molecule has 0 unspecified atom stereocenters. The van der Waals surface area contributed by atoms with E-state index in [9.17, 15) is 9.90 Å². The lowest BCUT2D eigenvalue weighted by Gasteiger charge is -2.09. The van der Waals surface area contributed by atoms with Gasteiger partial charge in [-0.1, -0.05) is 25.1 Å². The van der Waals surface area contributed by atoms with E-state index in [4.69, 9.17) is 0 Å². The summed E-state index contributed by atoms with van der Waals surface area (Å²) in [5.74, 6) is -0.00588. The van der Waals surface area contributed by atoms with Crippen molar-refractivity contribution in [2.24, 2.45) is 5.10 Å². The Balaban J connectivity index is 1.93. The third-order valence-corrected chi connectivity index (χ3v) is 3.44. The quantitative estimate of drug-likeness (QED) is 0.567. The molecule has 0 saturated carbocycles. The van der Waals surface area contributed by atoms with Crippen molar-refractivity contribution in [2.45, 2.75) is 20.3 Å². The molecule has 2 rings (SSSR count). The average Bonchev–Trinajstić information content (AvgIpc) is 2.56. The number of hydrogen-bond donors (Lipinski definition) is 3. The van der Waals surface area contributed by atoms with Crippen LogP contribution in [0.4, 0.5) is 5.69 Å². The fourth-order valence-electron chi connectivity index (χ4n) is 2.12. The number of benzene rings is 2. The molecule has 0 aliphatic rings. The smallest absolute Gasteiger partial charge is 0.259 e. The molecule has 0 aromatic heterocycles. The molecule has 0 radical (unpaired) electrons. The SMILES string of the molecule is CC/C(=N\NC(=O)CNc1ccccc1C)c1ccc(O)cc1. The van der Waals surface area contributed by atoms with E-state index in [1.165, 1.54) is 0 Å². The predicted octanol–water partition coefficient (Wildman–Crippen LogP) is 3.04. The average molecular weight is 311 g/mol. The summed E-state index contributed by atoms with van der Waals surface area (Å²) in [6.07, 6.45) is 0.677. The van der Waals surface area contributed by atoms with Crippen LogP contribution in [0.1, 0.15) is 24.5 Å². The van der Waals surface area contributed by atoms with E-state index < -0.39 is 0 Å². The van der Waals surface area contributed by atoms with Crippen molar-refractivity contribution in [2.75, 3.05) is 11.9 Å². The minimum absolute atomic E-state index is 0.154. The molecule has 120 valence electrons. The number of aryl methyl sites for hydroxylation is 1. The zero-order valence-electron chi connectivity index (χ0n) is 13.3. The highest BCUT2D eigenvalue weighted by Gasteiger charge is 2.04. The highest BCUT2D eigenvalue weighted by atomic mass is 16.3. The van der Waals surface area contributed by atoms with Crippen LogP contribution in [0.25, 0.3) is 0 Å². The third kappa shape index (κ3) is 4.85. The Kier molecular flexibility index (Phi) is 5.74. The second-order valence-electron chi connectivity index (χ2n) is 5.16. The van der Waals surface area contributed by atoms with Crippen LogP contribution in [0, 0.1) is 6.92 Å². The molecule has 2 aromatic rings. The van der Waals surface area contributed by atoms with Gasteiger partial charge >= 0.3 is 0 Å². The topological polar surface area (TPSA) is 73.7 Å². The lowest BCUT2D eigenvalue weighted by atomic mass is 10.1. The van der Waals surface area contributed by atoms with Gasteiger partial charge in [0.25, 0.3) is 5.91 Å². The zero-order valence-corrected chi connectivity index (χ0v) is 13.3. The summed E-state index contributed by atoms with van der Waals surface area (Å²) in [6.45, 7) is 4.10. The molecule has 3 N–H and O–H groups in total. The second-order valence-corrected chi connectivity index (χ2v) is 5.16. The Morgan fingerprint density at radius 2 is 1.83 bits per heavy atom. The molecule has 0 aliphatic carbocycles. The number of hydrazone groups is 1. The van der Waals surface area contributed by atoms with E-state index in [1.807, 2.05) is 38.1 Å². The molecule has 0 atom stereocenters. The summed E-state index contributed by atoms with van der Waals surface area (Å²) in [7, 11) is 0. The molecule has 5 nitrogen and oxygen atoms in total. The number of nitrogens with zero attached hydrogens (tertiary/aromatic N) is 1. The number of phenolic OH excluding ortho intramolecular Hbond substituents is 1. The number of nitrogens with one attached hydrogen (secondary N) is 2. The number of carbonyl (C=O) groups excluding carboxylic acids is 1. The van der Waals surface area contributed by atoms with Gasteiger partial charge in [-0.15, -0.1) is 0 Å². The van der Waals surface area contributed by atoms with E-state index in [0.29, 0.717) is 6.42 Å². The van der Waals surface area contributed by atoms with Gasteiger partial charge in [-0.05, 0) is 54.8 Å². The predicted molar refractivity (Wildman–Crippen MR) is 92.7 cm³/mol. The largest absolute Gasteiger partial charge is 0.508 e. The van der Waals surface area contributed by atoms with Crippen molar-refractivity contribution in [3.05, 3.63) is 59.7 Å². The highest BCUT2D eigenvalue weighted by Crippen LogP contribution is 2.13. The maximum atomic E-state index is 11.9. The molecular formula is C18H21N3O2. The summed E-state index contributed by atoms with van der Waals surface area (Å²) in [4.78, 5) is 11.9. The molecule has 2 aromatic carbocycles. The van der Waals surface area contributed by atoms with Crippen molar-refractivity contribution in [1.29, 1.82) is 0 Å². The van der Waals surface area contributed by atoms with Crippen LogP contribution in [0.15, 0.2) is 53.6 Å². The van der Waals surface area contributed by atoms with Crippen molar-refractivity contribution < 1.29 is 9.90 Å². The van der Waals surface area contributed by atoms with Gasteiger partial charge < -0.3 is 10.4 Å². The Hall–Kier alpha value is -2.82. The standard InChI is InChI=1S/C18H21N3O2/c1-3-16(14-8-10-15(22)11-9-14)20-21-18(23)12-19-17-7-5-4-6-13(17)2/h4-11,19,22H,3,12H2,1-2H3,(H,21,23)/b20-16+. The Morgan fingerprint density at radius 1 is 1.13 bits per heavy atom. The third-order valence-electron chi connectivity index (χ3n) is 3.44. The number of anilines is 1. The normalized spacial score (nSPS) is 11.1. The van der Waals surface area contributed by atoms with Crippen LogP contribution in [-0.4, -0.2) is 23.3 Å². The molecule has 5 heteroatoms. The molecule has 0 saturated heterocycles. The van der Waals surface area contributed by atoms with Gasteiger partial charge in [0.1, 0.15) is 5.75 Å². The number of hydrogen-bond acceptors (Lipinski definition) is 4. The highest BCUT2D eigenvalue weighted by molar-refractivity contribution is 6.01. The Bertz CT molecular complexity index is 694. The van der Waals surface area contributed by atoms with Gasteiger partial charge in [-0.2, -0.15) is 5.10 Å². The van der Waals surface area contributed by atoms with Crippen LogP contribution in [0.5, 0.6) is 5.75 Å². The number of carbonyl (C=O) groups is 1. The van der Waals surface area contributed by atoms with Gasteiger partial charge in [-0.3, -0.25) is 4.79 Å². The molecule has 0 heterocycles. The van der Waals surface area contributed by atoms with Crippen molar-refractivity contribution in [3.63, 3.8) is 0 Å². The van der Waals surface area contributed by atoms with Gasteiger partial charge in [0.05, 0.1) is 12.3 Å². The first-order chi connectivity index (χ1) is 11.1. The molecule has 0 fully saturated rings. The maximum Gasteiger partial charge on any atom is 0.259 e. The van der Waals surface area contributed by atoms with E-state index in [-0.39, 0.29) is 18.2 Å². The molecule has 0 aliphatic heterocycles. The maximum absolute atomic E-state index is 11.9. The fourth-order valence-corrected chi connectivity index (χ4v) is 2.12. The summed E-state index contributed by atoms with van der Waals surface area (Å²) < 4.78 is 0. The van der Waals surface area contributed by atoms with Gasteiger partial charge in [0, 0.05) is 5.69 Å². The van der Waals surface area contributed by atoms with E-state index in [1.54, 1.807) is 24.3 Å². The minimum atomic E-state index is -0.210. The van der Waals surface area contributed by atoms with Crippen molar-refractivity contribution in [3.8, 4) is 5.75 Å². The number of aromatic hydroxyl groups is 1. The van der Waals surface area contributed by atoms with E-state index >= 15 is 0 Å². The molecule has 1 amide bonds. The van der Waals surface area contributed by atoms with E-state index in [0.717, 1.165) is 22.5 Å². The van der Waals surface area contributed by atoms with Crippen molar-refractivity contribution in [1.82, 2.24) is 5.43 Å². The Labute approximate surface area is 136 Å². The fraction of sp³-hybridized carbons (Fsp3) is 0.222. The number of para-hydroxylation sites is 1. The molecule has 0 bridgehead atoms. The Morgan fingerprint density at radius 3 is 2.48 bits per heavy atom. The second kappa shape index (κ2) is 7.98. The summed E-state index contributed by atoms with van der Waals surface area (Å²) in [6, 6.07) is 14.5. The van der Waals surface area contributed by atoms with E-state index in [2.05, 4.69) is 15.8 Å². The molecule has 0 spiro atoms. The monoisotopic (exact) mass is 311 g/mol.